The van der Waals surface area contributed by atoms with Crippen LogP contribution in [0.1, 0.15) is 31.2 Å². The van der Waals surface area contributed by atoms with Crippen LogP contribution in [0.15, 0.2) is 36.7 Å². The molecule has 1 fully saturated rings. The first-order valence-corrected chi connectivity index (χ1v) is 8.67. The molecule has 6 heteroatoms. The van der Waals surface area contributed by atoms with E-state index in [-0.39, 0.29) is 0 Å². The molecule has 1 aliphatic carbocycles. The average molecular weight is 340 g/mol. The second-order valence-corrected chi connectivity index (χ2v) is 6.65. The molecule has 1 aromatic carbocycles. The quantitative estimate of drug-likeness (QED) is 0.839. The number of rotatable bonds is 6. The van der Waals surface area contributed by atoms with Gasteiger partial charge in [-0.1, -0.05) is 37.1 Å². The summed E-state index contributed by atoms with van der Waals surface area (Å²) in [6.07, 6.45) is 8.95. The minimum Gasteiger partial charge on any atom is -0.480 e. The monoisotopic (exact) mass is 340 g/mol. The van der Waals surface area contributed by atoms with Crippen LogP contribution < -0.4 is 10.6 Å². The lowest BCUT2D eigenvalue weighted by Crippen LogP contribution is -2.32. The van der Waals surface area contributed by atoms with Crippen molar-refractivity contribution in [2.75, 3.05) is 11.9 Å². The minimum atomic E-state index is -0.989. The topological polar surface area (TPSA) is 92.3 Å². The third-order valence-corrected chi connectivity index (χ3v) is 4.89. The minimum absolute atomic E-state index is 0.312. The Bertz CT molecular complexity index is 709. The number of anilines is 1. The lowest BCUT2D eigenvalue weighted by molar-refractivity contribution is -0.138. The molecule has 1 aromatic heterocycles. The first kappa shape index (κ1) is 17.4. The number of benzene rings is 1. The third-order valence-electron chi connectivity index (χ3n) is 4.89. The summed E-state index contributed by atoms with van der Waals surface area (Å²) in [6, 6.07) is 7.31. The second-order valence-electron chi connectivity index (χ2n) is 6.65. The summed E-state index contributed by atoms with van der Waals surface area (Å²) in [4.78, 5) is 22.1. The SMILES string of the molecule is CN(c1cnc(-c2ccc(CC(N)C(=O)O)cc2)cn1)C1CCCC1. The van der Waals surface area contributed by atoms with Crippen LogP contribution in [0.3, 0.4) is 0 Å². The molecule has 1 aliphatic rings. The van der Waals surface area contributed by atoms with Gasteiger partial charge in [0, 0.05) is 18.7 Å². The van der Waals surface area contributed by atoms with Gasteiger partial charge in [0.1, 0.15) is 11.9 Å². The van der Waals surface area contributed by atoms with Crippen molar-refractivity contribution in [1.29, 1.82) is 0 Å². The van der Waals surface area contributed by atoms with Gasteiger partial charge in [0.25, 0.3) is 0 Å². The van der Waals surface area contributed by atoms with Crippen molar-refractivity contribution in [1.82, 2.24) is 9.97 Å². The van der Waals surface area contributed by atoms with E-state index in [9.17, 15) is 4.79 Å². The van der Waals surface area contributed by atoms with Crippen LogP contribution in [0.4, 0.5) is 5.82 Å². The average Bonchev–Trinajstić information content (AvgIpc) is 3.16. The fraction of sp³-hybridized carbons (Fsp3) is 0.421. The van der Waals surface area contributed by atoms with Crippen LogP contribution in [-0.4, -0.2) is 40.2 Å². The summed E-state index contributed by atoms with van der Waals surface area (Å²) in [6.45, 7) is 0. The smallest absolute Gasteiger partial charge is 0.320 e. The van der Waals surface area contributed by atoms with Gasteiger partial charge in [0.15, 0.2) is 0 Å². The molecule has 0 bridgehead atoms. The highest BCUT2D eigenvalue weighted by atomic mass is 16.4. The van der Waals surface area contributed by atoms with Crippen LogP contribution in [0.25, 0.3) is 11.3 Å². The predicted molar refractivity (Wildman–Crippen MR) is 97.4 cm³/mol. The van der Waals surface area contributed by atoms with Crippen LogP contribution in [0.2, 0.25) is 0 Å². The largest absolute Gasteiger partial charge is 0.480 e. The molecule has 0 saturated heterocycles. The maximum Gasteiger partial charge on any atom is 0.320 e. The lowest BCUT2D eigenvalue weighted by atomic mass is 10.0. The van der Waals surface area contributed by atoms with Crippen molar-refractivity contribution in [3.05, 3.63) is 42.2 Å². The first-order valence-electron chi connectivity index (χ1n) is 8.67. The van der Waals surface area contributed by atoms with Gasteiger partial charge in [-0.05, 0) is 24.8 Å². The molecule has 3 N–H and O–H groups in total. The molecule has 1 unspecified atom stereocenters. The van der Waals surface area contributed by atoms with Gasteiger partial charge in [0.2, 0.25) is 0 Å². The normalized spacial score (nSPS) is 15.9. The molecule has 2 aromatic rings. The zero-order valence-corrected chi connectivity index (χ0v) is 14.4. The predicted octanol–water partition coefficient (Wildman–Crippen LogP) is 2.48. The van der Waals surface area contributed by atoms with E-state index in [4.69, 9.17) is 10.8 Å². The highest BCUT2D eigenvalue weighted by Crippen LogP contribution is 2.26. The van der Waals surface area contributed by atoms with Gasteiger partial charge in [-0.3, -0.25) is 9.78 Å². The zero-order valence-electron chi connectivity index (χ0n) is 14.4. The molecule has 1 atom stereocenters. The highest BCUT2D eigenvalue weighted by molar-refractivity contribution is 5.73. The standard InChI is InChI=1S/C19H24N4O2/c1-23(15-4-2-3-5-15)18-12-21-17(11-22-18)14-8-6-13(7-9-14)10-16(20)19(24)25/h6-9,11-12,15-16H,2-5,10,20H2,1H3,(H,24,25). The maximum absolute atomic E-state index is 10.8. The Morgan fingerprint density at radius 1 is 1.24 bits per heavy atom. The number of carbonyl (C=O) groups is 1. The lowest BCUT2D eigenvalue weighted by Gasteiger charge is -2.24. The van der Waals surface area contributed by atoms with Crippen molar-refractivity contribution in [3.8, 4) is 11.3 Å². The molecular weight excluding hydrogens is 316 g/mol. The molecule has 3 rings (SSSR count). The van der Waals surface area contributed by atoms with Gasteiger partial charge in [-0.25, -0.2) is 4.98 Å². The number of aliphatic carboxylic acids is 1. The first-order chi connectivity index (χ1) is 12.0. The maximum atomic E-state index is 10.8. The van der Waals surface area contributed by atoms with Gasteiger partial charge in [-0.15, -0.1) is 0 Å². The molecule has 0 spiro atoms. The van der Waals surface area contributed by atoms with E-state index in [0.29, 0.717) is 12.5 Å². The number of hydrogen-bond donors (Lipinski definition) is 2. The molecular formula is C19H24N4O2. The van der Waals surface area contributed by atoms with E-state index in [1.165, 1.54) is 25.7 Å². The van der Waals surface area contributed by atoms with E-state index in [0.717, 1.165) is 22.6 Å². The Balaban J connectivity index is 1.68. The van der Waals surface area contributed by atoms with Crippen LogP contribution in [-0.2, 0) is 11.2 Å². The summed E-state index contributed by atoms with van der Waals surface area (Å²) in [5.74, 6) is -0.0865. The highest BCUT2D eigenvalue weighted by Gasteiger charge is 2.20. The third kappa shape index (κ3) is 4.14. The van der Waals surface area contributed by atoms with Crippen LogP contribution >= 0.6 is 0 Å². The second kappa shape index (κ2) is 7.61. The van der Waals surface area contributed by atoms with Crippen LogP contribution in [0, 0.1) is 0 Å². The van der Waals surface area contributed by atoms with E-state index in [1.54, 1.807) is 6.20 Å². The Kier molecular flexibility index (Phi) is 5.28. The number of nitrogens with zero attached hydrogens (tertiary/aromatic N) is 3. The fourth-order valence-electron chi connectivity index (χ4n) is 3.28. The Hall–Kier alpha value is -2.47. The Morgan fingerprint density at radius 2 is 1.92 bits per heavy atom. The van der Waals surface area contributed by atoms with Crippen molar-refractivity contribution >= 4 is 11.8 Å². The molecule has 0 radical (unpaired) electrons. The Labute approximate surface area is 147 Å². The number of carboxylic acid groups (broad SMARTS) is 1. The zero-order chi connectivity index (χ0) is 17.8. The van der Waals surface area contributed by atoms with E-state index in [2.05, 4.69) is 21.9 Å². The van der Waals surface area contributed by atoms with Gasteiger partial charge in [0.05, 0.1) is 18.1 Å². The molecule has 0 amide bonds. The number of nitrogens with two attached hydrogens (primary N) is 1. The van der Waals surface area contributed by atoms with Crippen LogP contribution in [0.5, 0.6) is 0 Å². The van der Waals surface area contributed by atoms with E-state index < -0.39 is 12.0 Å². The molecule has 132 valence electrons. The summed E-state index contributed by atoms with van der Waals surface area (Å²) < 4.78 is 0. The fourth-order valence-corrected chi connectivity index (χ4v) is 3.28. The molecule has 0 aliphatic heterocycles. The summed E-state index contributed by atoms with van der Waals surface area (Å²) in [5, 5.41) is 8.88. The van der Waals surface area contributed by atoms with Gasteiger partial charge >= 0.3 is 5.97 Å². The van der Waals surface area contributed by atoms with E-state index >= 15 is 0 Å². The van der Waals surface area contributed by atoms with Gasteiger partial charge < -0.3 is 15.7 Å². The molecule has 1 heterocycles. The molecule has 1 saturated carbocycles. The van der Waals surface area contributed by atoms with Crippen molar-refractivity contribution in [2.24, 2.45) is 5.73 Å². The summed E-state index contributed by atoms with van der Waals surface area (Å²) >= 11 is 0. The molecule has 25 heavy (non-hydrogen) atoms. The Morgan fingerprint density at radius 3 is 2.48 bits per heavy atom. The molecule has 6 nitrogen and oxygen atoms in total. The van der Waals surface area contributed by atoms with Crippen molar-refractivity contribution in [2.45, 2.75) is 44.2 Å². The number of aromatic nitrogens is 2. The van der Waals surface area contributed by atoms with Gasteiger partial charge in [-0.2, -0.15) is 0 Å². The number of hydrogen-bond acceptors (Lipinski definition) is 5. The van der Waals surface area contributed by atoms with Crippen molar-refractivity contribution in [3.63, 3.8) is 0 Å². The van der Waals surface area contributed by atoms with Crippen molar-refractivity contribution < 1.29 is 9.90 Å². The summed E-state index contributed by atoms with van der Waals surface area (Å²) in [5.41, 5.74) is 8.22. The number of carboxylic acids is 1. The summed E-state index contributed by atoms with van der Waals surface area (Å²) in [7, 11) is 2.08. The van der Waals surface area contributed by atoms with E-state index in [1.807, 2.05) is 30.5 Å².